The van der Waals surface area contributed by atoms with Crippen LogP contribution >= 0.6 is 0 Å². The van der Waals surface area contributed by atoms with E-state index >= 15 is 0 Å². The lowest BCUT2D eigenvalue weighted by molar-refractivity contribution is 0.985. The van der Waals surface area contributed by atoms with Gasteiger partial charge in [0.05, 0.1) is 0 Å². The largest absolute Gasteiger partial charge is 0.284 e. The van der Waals surface area contributed by atoms with Crippen molar-refractivity contribution in [1.82, 2.24) is 14.5 Å². The van der Waals surface area contributed by atoms with Gasteiger partial charge in [-0.2, -0.15) is 0 Å². The van der Waals surface area contributed by atoms with Crippen LogP contribution in [0.1, 0.15) is 19.4 Å². The van der Waals surface area contributed by atoms with E-state index in [4.69, 9.17) is 0 Å². The van der Waals surface area contributed by atoms with E-state index in [1.54, 1.807) is 35.3 Å². The average Bonchev–Trinajstić information content (AvgIpc) is 2.59. The molecular formula is C18H19N3O. The van der Waals surface area contributed by atoms with E-state index in [0.717, 1.165) is 16.8 Å². The quantitative estimate of drug-likeness (QED) is 0.725. The highest BCUT2D eigenvalue weighted by Crippen LogP contribution is 2.14. The van der Waals surface area contributed by atoms with Gasteiger partial charge in [0.15, 0.2) is 5.82 Å². The number of aryl methyl sites for hydroxylation is 1. The molecule has 0 spiro atoms. The van der Waals surface area contributed by atoms with E-state index in [-0.39, 0.29) is 5.56 Å². The summed E-state index contributed by atoms with van der Waals surface area (Å²) in [5.41, 5.74) is 2.72. The van der Waals surface area contributed by atoms with Gasteiger partial charge in [-0.05, 0) is 31.2 Å². The van der Waals surface area contributed by atoms with Gasteiger partial charge in [-0.1, -0.05) is 31.5 Å². The molecule has 112 valence electrons. The molecule has 0 atom stereocenters. The number of aromatic nitrogens is 3. The summed E-state index contributed by atoms with van der Waals surface area (Å²) >= 11 is 0. The molecule has 0 aliphatic rings. The Morgan fingerprint density at radius 2 is 1.55 bits per heavy atom. The molecule has 0 saturated carbocycles. The first-order valence-electron chi connectivity index (χ1n) is 7.31. The molecule has 0 aliphatic heterocycles. The van der Waals surface area contributed by atoms with Crippen molar-refractivity contribution < 1.29 is 0 Å². The second-order valence-electron chi connectivity index (χ2n) is 4.53. The van der Waals surface area contributed by atoms with Crippen molar-refractivity contribution in [2.45, 2.75) is 20.8 Å². The predicted octanol–water partition coefficient (Wildman–Crippen LogP) is 3.63. The van der Waals surface area contributed by atoms with Crippen molar-refractivity contribution in [3.8, 4) is 17.1 Å². The molecule has 2 heterocycles. The highest BCUT2D eigenvalue weighted by molar-refractivity contribution is 5.53. The van der Waals surface area contributed by atoms with Gasteiger partial charge in [0.2, 0.25) is 0 Å². The smallest absolute Gasteiger partial charge is 0.255 e. The first kappa shape index (κ1) is 15.6. The van der Waals surface area contributed by atoms with E-state index < -0.39 is 0 Å². The van der Waals surface area contributed by atoms with Crippen molar-refractivity contribution in [3.05, 3.63) is 77.0 Å². The summed E-state index contributed by atoms with van der Waals surface area (Å²) in [5, 5.41) is 0. The molecule has 1 aromatic carbocycles. The molecule has 0 N–H and O–H groups in total. The number of pyridine rings is 1. The summed E-state index contributed by atoms with van der Waals surface area (Å²) in [6.07, 6.45) is 5.13. The van der Waals surface area contributed by atoms with Crippen LogP contribution in [0.4, 0.5) is 0 Å². The summed E-state index contributed by atoms with van der Waals surface area (Å²) in [6.45, 7) is 6.01. The van der Waals surface area contributed by atoms with Crippen LogP contribution in [0.15, 0.2) is 65.8 Å². The van der Waals surface area contributed by atoms with Crippen LogP contribution in [0.25, 0.3) is 17.1 Å². The van der Waals surface area contributed by atoms with Crippen LogP contribution in [0.5, 0.6) is 0 Å². The standard InChI is InChI=1S/C16H13N3O.C2H6/c1-12-3-6-14(7-4-12)19-11-13(5-8-15(19)20)16-17-9-2-10-18-16;1-2/h2-11H,1H3;1-2H3. The molecule has 3 aromatic rings. The summed E-state index contributed by atoms with van der Waals surface area (Å²) < 4.78 is 1.60. The summed E-state index contributed by atoms with van der Waals surface area (Å²) in [4.78, 5) is 20.4. The third-order valence-corrected chi connectivity index (χ3v) is 3.05. The normalized spacial score (nSPS) is 9.77. The lowest BCUT2D eigenvalue weighted by atomic mass is 10.2. The molecular weight excluding hydrogens is 274 g/mol. The summed E-state index contributed by atoms with van der Waals surface area (Å²) in [5.74, 6) is 0.605. The van der Waals surface area contributed by atoms with Crippen molar-refractivity contribution in [3.63, 3.8) is 0 Å². The zero-order valence-corrected chi connectivity index (χ0v) is 13.0. The molecule has 0 unspecified atom stereocenters. The van der Waals surface area contributed by atoms with Crippen molar-refractivity contribution in [2.24, 2.45) is 0 Å². The molecule has 0 aliphatic carbocycles. The molecule has 4 heteroatoms. The van der Waals surface area contributed by atoms with Crippen LogP contribution in [-0.4, -0.2) is 14.5 Å². The van der Waals surface area contributed by atoms with Crippen LogP contribution in [0.2, 0.25) is 0 Å². The molecule has 0 bridgehead atoms. The van der Waals surface area contributed by atoms with E-state index in [1.165, 1.54) is 6.07 Å². The topological polar surface area (TPSA) is 47.8 Å². The van der Waals surface area contributed by atoms with Crippen molar-refractivity contribution in [1.29, 1.82) is 0 Å². The molecule has 22 heavy (non-hydrogen) atoms. The minimum atomic E-state index is -0.0754. The van der Waals surface area contributed by atoms with Gasteiger partial charge in [0.1, 0.15) is 0 Å². The second-order valence-corrected chi connectivity index (χ2v) is 4.53. The Kier molecular flexibility index (Phi) is 5.20. The fraction of sp³-hybridized carbons (Fsp3) is 0.167. The zero-order valence-electron chi connectivity index (χ0n) is 13.0. The predicted molar refractivity (Wildman–Crippen MR) is 89.2 cm³/mol. The lowest BCUT2D eigenvalue weighted by Gasteiger charge is -2.08. The first-order chi connectivity index (χ1) is 10.7. The molecule has 0 radical (unpaired) electrons. The number of rotatable bonds is 2. The van der Waals surface area contributed by atoms with Crippen LogP contribution in [-0.2, 0) is 0 Å². The molecule has 4 nitrogen and oxygen atoms in total. The van der Waals surface area contributed by atoms with E-state index in [9.17, 15) is 4.79 Å². The third-order valence-electron chi connectivity index (χ3n) is 3.05. The number of nitrogens with zero attached hydrogens (tertiary/aromatic N) is 3. The van der Waals surface area contributed by atoms with E-state index in [1.807, 2.05) is 45.0 Å². The molecule has 0 saturated heterocycles. The van der Waals surface area contributed by atoms with Crippen LogP contribution < -0.4 is 5.56 Å². The maximum atomic E-state index is 12.0. The zero-order chi connectivity index (χ0) is 15.9. The van der Waals surface area contributed by atoms with Crippen molar-refractivity contribution >= 4 is 0 Å². The van der Waals surface area contributed by atoms with Gasteiger partial charge < -0.3 is 0 Å². The first-order valence-corrected chi connectivity index (χ1v) is 7.31. The Morgan fingerprint density at radius 1 is 0.909 bits per heavy atom. The Bertz CT molecular complexity index is 777. The maximum Gasteiger partial charge on any atom is 0.255 e. The average molecular weight is 293 g/mol. The van der Waals surface area contributed by atoms with Crippen LogP contribution in [0.3, 0.4) is 0 Å². The Balaban J connectivity index is 0.000000847. The number of hydrogen-bond acceptors (Lipinski definition) is 3. The summed E-state index contributed by atoms with van der Waals surface area (Å²) in [7, 11) is 0. The van der Waals surface area contributed by atoms with Gasteiger partial charge in [-0.3, -0.25) is 9.36 Å². The lowest BCUT2D eigenvalue weighted by Crippen LogP contribution is -2.16. The van der Waals surface area contributed by atoms with E-state index in [0.29, 0.717) is 5.82 Å². The monoisotopic (exact) mass is 293 g/mol. The van der Waals surface area contributed by atoms with Gasteiger partial charge in [-0.15, -0.1) is 0 Å². The fourth-order valence-corrected chi connectivity index (χ4v) is 1.97. The van der Waals surface area contributed by atoms with Gasteiger partial charge in [-0.25, -0.2) is 9.97 Å². The number of hydrogen-bond donors (Lipinski definition) is 0. The minimum Gasteiger partial charge on any atom is -0.284 e. The maximum absolute atomic E-state index is 12.0. The Labute approximate surface area is 130 Å². The van der Waals surface area contributed by atoms with Gasteiger partial charge in [0, 0.05) is 35.9 Å². The second kappa shape index (κ2) is 7.31. The molecule has 2 aromatic heterocycles. The van der Waals surface area contributed by atoms with Crippen LogP contribution in [0, 0.1) is 6.92 Å². The highest BCUT2D eigenvalue weighted by Gasteiger charge is 2.04. The highest BCUT2D eigenvalue weighted by atomic mass is 16.1. The Morgan fingerprint density at radius 3 is 2.18 bits per heavy atom. The number of benzene rings is 1. The molecule has 0 fully saturated rings. The minimum absolute atomic E-state index is 0.0754. The van der Waals surface area contributed by atoms with E-state index in [2.05, 4.69) is 9.97 Å². The fourth-order valence-electron chi connectivity index (χ4n) is 1.97. The van der Waals surface area contributed by atoms with Gasteiger partial charge in [0.25, 0.3) is 5.56 Å². The van der Waals surface area contributed by atoms with Crippen molar-refractivity contribution in [2.75, 3.05) is 0 Å². The SMILES string of the molecule is CC.Cc1ccc(-n2cc(-c3ncccn3)ccc2=O)cc1. The molecule has 3 rings (SSSR count). The summed E-state index contributed by atoms with van der Waals surface area (Å²) in [6, 6.07) is 12.8. The third kappa shape index (κ3) is 3.47. The van der Waals surface area contributed by atoms with Gasteiger partial charge >= 0.3 is 0 Å². The Hall–Kier alpha value is -2.75. The molecule has 0 amide bonds.